The van der Waals surface area contributed by atoms with Crippen molar-refractivity contribution in [3.63, 3.8) is 0 Å². The Balaban J connectivity index is 3.72. The molecule has 0 atom stereocenters. The first-order valence-corrected chi connectivity index (χ1v) is 3.69. The predicted molar refractivity (Wildman–Crippen MR) is 40.5 cm³/mol. The Bertz CT molecular complexity index is 147. The molecule has 0 aliphatic carbocycles. The zero-order valence-electron chi connectivity index (χ0n) is 6.90. The zero-order chi connectivity index (χ0) is 8.91. The number of alkyl halides is 2. The van der Waals surface area contributed by atoms with Gasteiger partial charge in [-0.25, -0.2) is 15.4 Å². The first-order chi connectivity index (χ1) is 4.98. The van der Waals surface area contributed by atoms with Gasteiger partial charge in [0.25, 0.3) is 5.92 Å². The summed E-state index contributed by atoms with van der Waals surface area (Å²) in [5.74, 6) is -2.64. The van der Waals surface area contributed by atoms with Gasteiger partial charge >= 0.3 is 0 Å². The van der Waals surface area contributed by atoms with Crippen molar-refractivity contribution < 1.29 is 8.78 Å². The van der Waals surface area contributed by atoms with E-state index in [1.165, 1.54) is 0 Å². The molecule has 0 aliphatic heterocycles. The van der Waals surface area contributed by atoms with E-state index in [4.69, 9.17) is 6.57 Å². The van der Waals surface area contributed by atoms with E-state index in [9.17, 15) is 8.78 Å². The van der Waals surface area contributed by atoms with Crippen LogP contribution in [0.1, 0.15) is 26.7 Å². The second-order valence-electron chi connectivity index (χ2n) is 3.09. The van der Waals surface area contributed by atoms with Crippen molar-refractivity contribution in [2.45, 2.75) is 32.6 Å². The maximum absolute atomic E-state index is 12.7. The molecule has 1 nitrogen and oxygen atoms in total. The van der Waals surface area contributed by atoms with Crippen molar-refractivity contribution >= 4 is 0 Å². The van der Waals surface area contributed by atoms with Crippen molar-refractivity contribution in [3.8, 4) is 0 Å². The van der Waals surface area contributed by atoms with Crippen molar-refractivity contribution in [2.24, 2.45) is 5.92 Å². The molecule has 0 spiro atoms. The van der Waals surface area contributed by atoms with Crippen LogP contribution in [0.5, 0.6) is 0 Å². The highest BCUT2D eigenvalue weighted by molar-refractivity contribution is 4.73. The molecule has 0 unspecified atom stereocenters. The highest BCUT2D eigenvalue weighted by atomic mass is 19.3. The average Bonchev–Trinajstić information content (AvgIpc) is 1.81. The minimum Gasteiger partial charge on any atom is -0.317 e. The molecule has 0 rings (SSSR count). The van der Waals surface area contributed by atoms with Gasteiger partial charge in [0.1, 0.15) is 0 Å². The van der Waals surface area contributed by atoms with Crippen molar-refractivity contribution in [2.75, 3.05) is 6.54 Å². The van der Waals surface area contributed by atoms with Crippen molar-refractivity contribution in [3.05, 3.63) is 11.4 Å². The molecule has 0 fully saturated rings. The van der Waals surface area contributed by atoms with Gasteiger partial charge in [-0.3, -0.25) is 0 Å². The lowest BCUT2D eigenvalue weighted by atomic mass is 10.0. The molecule has 0 N–H and O–H groups in total. The van der Waals surface area contributed by atoms with Crippen LogP contribution in [-0.4, -0.2) is 12.5 Å². The largest absolute Gasteiger partial charge is 0.317 e. The van der Waals surface area contributed by atoms with Gasteiger partial charge < -0.3 is 4.85 Å². The van der Waals surface area contributed by atoms with Gasteiger partial charge in [0.05, 0.1) is 6.42 Å². The molecule has 0 aromatic rings. The van der Waals surface area contributed by atoms with E-state index in [0.29, 0.717) is 0 Å². The monoisotopic (exact) mass is 161 g/mol. The molecule has 0 radical (unpaired) electrons. The summed E-state index contributed by atoms with van der Waals surface area (Å²) in [5, 5.41) is 0. The van der Waals surface area contributed by atoms with Crippen LogP contribution in [0.15, 0.2) is 0 Å². The Labute approximate surface area is 66.2 Å². The van der Waals surface area contributed by atoms with Gasteiger partial charge in [-0.1, -0.05) is 13.8 Å². The van der Waals surface area contributed by atoms with Gasteiger partial charge in [0, 0.05) is 6.42 Å². The average molecular weight is 161 g/mol. The first-order valence-electron chi connectivity index (χ1n) is 3.69. The third kappa shape index (κ3) is 5.78. The summed E-state index contributed by atoms with van der Waals surface area (Å²) >= 11 is 0. The molecular formula is C8H13F2N. The minimum absolute atomic E-state index is 0.00395. The summed E-state index contributed by atoms with van der Waals surface area (Å²) in [6, 6.07) is 0. The molecule has 0 aromatic carbocycles. The van der Waals surface area contributed by atoms with E-state index in [-0.39, 0.29) is 25.3 Å². The summed E-state index contributed by atoms with van der Waals surface area (Å²) in [7, 11) is 0. The van der Waals surface area contributed by atoms with Gasteiger partial charge in [-0.15, -0.1) is 0 Å². The molecule has 0 aromatic heterocycles. The lowest BCUT2D eigenvalue weighted by Gasteiger charge is -2.15. The second kappa shape index (κ2) is 4.27. The fourth-order valence-corrected chi connectivity index (χ4v) is 0.919. The van der Waals surface area contributed by atoms with Crippen LogP contribution in [0.3, 0.4) is 0 Å². The summed E-state index contributed by atoms with van der Waals surface area (Å²) in [4.78, 5) is 2.90. The van der Waals surface area contributed by atoms with E-state index < -0.39 is 5.92 Å². The molecule has 64 valence electrons. The number of hydrogen-bond donors (Lipinski definition) is 0. The Morgan fingerprint density at radius 3 is 2.36 bits per heavy atom. The minimum atomic E-state index is -2.64. The first kappa shape index (κ1) is 10.3. The fourth-order valence-electron chi connectivity index (χ4n) is 0.919. The summed E-state index contributed by atoms with van der Waals surface area (Å²) < 4.78 is 25.4. The molecule has 11 heavy (non-hydrogen) atoms. The molecular weight excluding hydrogens is 148 g/mol. The molecule has 3 heteroatoms. The number of rotatable bonds is 4. The van der Waals surface area contributed by atoms with Gasteiger partial charge in [0.2, 0.25) is 6.54 Å². The topological polar surface area (TPSA) is 4.36 Å². The zero-order valence-corrected chi connectivity index (χ0v) is 6.90. The van der Waals surface area contributed by atoms with Crippen LogP contribution in [0.2, 0.25) is 0 Å². The number of halogens is 2. The van der Waals surface area contributed by atoms with Crippen molar-refractivity contribution in [1.29, 1.82) is 0 Å². The van der Waals surface area contributed by atoms with Crippen LogP contribution in [-0.2, 0) is 0 Å². The number of hydrogen-bond acceptors (Lipinski definition) is 0. The van der Waals surface area contributed by atoms with E-state index >= 15 is 0 Å². The summed E-state index contributed by atoms with van der Waals surface area (Å²) in [6.45, 7) is 9.80. The molecule has 0 bridgehead atoms. The van der Waals surface area contributed by atoms with Crippen LogP contribution in [0.25, 0.3) is 4.85 Å². The second-order valence-corrected chi connectivity index (χ2v) is 3.09. The van der Waals surface area contributed by atoms with E-state index in [1.54, 1.807) is 13.8 Å². The normalized spacial score (nSPS) is 11.6. The Kier molecular flexibility index (Phi) is 4.02. The molecule has 0 amide bonds. The maximum atomic E-state index is 12.7. The smallest absolute Gasteiger partial charge is 0.255 e. The third-order valence-corrected chi connectivity index (χ3v) is 1.30. The lowest BCUT2D eigenvalue weighted by molar-refractivity contribution is -0.0229. The third-order valence-electron chi connectivity index (χ3n) is 1.30. The highest BCUT2D eigenvalue weighted by Gasteiger charge is 2.30. The van der Waals surface area contributed by atoms with Crippen LogP contribution in [0.4, 0.5) is 8.78 Å². The standard InChI is InChI=1S/C8H13F2N/c1-7(2)6-8(9,10)4-5-11-3/h7H,4-6H2,1-2H3. The molecule has 0 aliphatic rings. The van der Waals surface area contributed by atoms with E-state index in [2.05, 4.69) is 4.85 Å². The maximum Gasteiger partial charge on any atom is 0.255 e. The van der Waals surface area contributed by atoms with E-state index in [0.717, 1.165) is 0 Å². The van der Waals surface area contributed by atoms with Crippen LogP contribution >= 0.6 is 0 Å². The van der Waals surface area contributed by atoms with Gasteiger partial charge in [-0.05, 0) is 5.92 Å². The molecule has 0 saturated heterocycles. The van der Waals surface area contributed by atoms with Gasteiger partial charge in [0.15, 0.2) is 0 Å². The summed E-state index contributed by atoms with van der Waals surface area (Å²) in [5.41, 5.74) is 0. The number of nitrogens with zero attached hydrogens (tertiary/aromatic N) is 1. The van der Waals surface area contributed by atoms with Crippen molar-refractivity contribution in [1.82, 2.24) is 0 Å². The van der Waals surface area contributed by atoms with E-state index in [1.807, 2.05) is 0 Å². The van der Waals surface area contributed by atoms with Crippen LogP contribution < -0.4 is 0 Å². The quantitative estimate of drug-likeness (QED) is 0.558. The lowest BCUT2D eigenvalue weighted by Crippen LogP contribution is -2.19. The SMILES string of the molecule is [C-]#[N+]CCC(F)(F)CC(C)C. The Morgan fingerprint density at radius 2 is 2.00 bits per heavy atom. The Morgan fingerprint density at radius 1 is 1.45 bits per heavy atom. The van der Waals surface area contributed by atoms with Gasteiger partial charge in [-0.2, -0.15) is 0 Å². The van der Waals surface area contributed by atoms with Crippen LogP contribution in [0, 0.1) is 12.5 Å². The fraction of sp³-hybridized carbons (Fsp3) is 0.875. The molecule has 0 saturated carbocycles. The summed E-state index contributed by atoms with van der Waals surface area (Å²) in [6.07, 6.45) is -0.406. The Hall–Kier alpha value is -0.650. The highest BCUT2D eigenvalue weighted by Crippen LogP contribution is 2.26. The molecule has 0 heterocycles. The predicted octanol–water partition coefficient (Wildman–Crippen LogP) is 2.98.